The Morgan fingerprint density at radius 2 is 1.91 bits per heavy atom. The summed E-state index contributed by atoms with van der Waals surface area (Å²) in [5.74, 6) is 0.602. The number of Topliss-reactive ketones (excluding diaryl/α,β-unsaturated/α-hetero) is 1. The third-order valence-corrected chi connectivity index (χ3v) is 8.47. The van der Waals surface area contributed by atoms with E-state index in [1.165, 1.54) is 16.2 Å². The minimum Gasteiger partial charge on any atom is -0.507 e. The number of ether oxygens (including phenoxy) is 4. The topological polar surface area (TPSA) is 107 Å². The van der Waals surface area contributed by atoms with Crippen LogP contribution in [0.4, 0.5) is 5.13 Å². The summed E-state index contributed by atoms with van der Waals surface area (Å²) < 4.78 is 23.8. The number of thiazole rings is 1. The first-order chi connectivity index (χ1) is 20.8. The number of rotatable bonds is 9. The SMILES string of the molecule is CCCOc1ccc([C@@H]2C(=C(O)c3ccc4c(c3)C[C@@H](C)O4)C(=O)C(=O)N2c2nc3ccc(OC)cc3s2)cc1OCC. The fourth-order valence-corrected chi connectivity index (χ4v) is 6.51. The Labute approximate surface area is 253 Å². The van der Waals surface area contributed by atoms with Gasteiger partial charge in [-0.2, -0.15) is 0 Å². The van der Waals surface area contributed by atoms with Gasteiger partial charge < -0.3 is 24.1 Å². The average molecular weight is 601 g/mol. The van der Waals surface area contributed by atoms with Crippen molar-refractivity contribution in [2.45, 2.75) is 45.8 Å². The van der Waals surface area contributed by atoms with E-state index in [1.54, 1.807) is 49.6 Å². The summed E-state index contributed by atoms with van der Waals surface area (Å²) in [5.41, 5.74) is 2.56. The van der Waals surface area contributed by atoms with Crippen molar-refractivity contribution >= 4 is 44.1 Å². The molecule has 0 bridgehead atoms. The molecule has 0 spiro atoms. The molecule has 1 amide bonds. The van der Waals surface area contributed by atoms with Crippen LogP contribution < -0.4 is 23.8 Å². The highest BCUT2D eigenvalue weighted by Gasteiger charge is 2.48. The van der Waals surface area contributed by atoms with E-state index in [2.05, 4.69) is 0 Å². The van der Waals surface area contributed by atoms with E-state index < -0.39 is 17.7 Å². The highest BCUT2D eigenvalue weighted by molar-refractivity contribution is 7.22. The monoisotopic (exact) mass is 600 g/mol. The molecule has 1 saturated heterocycles. The van der Waals surface area contributed by atoms with Gasteiger partial charge in [-0.1, -0.05) is 24.3 Å². The second kappa shape index (κ2) is 11.6. The number of aromatic nitrogens is 1. The lowest BCUT2D eigenvalue weighted by atomic mass is 9.94. The molecule has 1 fully saturated rings. The lowest BCUT2D eigenvalue weighted by Gasteiger charge is -2.24. The molecule has 6 rings (SSSR count). The second-order valence-corrected chi connectivity index (χ2v) is 11.5. The standard InChI is InChI=1S/C33H32N2O7S/c1-5-13-41-25-12-7-19(16-26(25)40-6-2)29-28(30(36)20-8-11-24-21(15-20)14-18(3)42-24)31(37)32(38)35(29)33-34-23-10-9-22(39-4)17-27(23)43-33/h7-12,15-18,29,36H,5-6,13-14H2,1-4H3/t18-,29-/m1/s1. The van der Waals surface area contributed by atoms with Crippen LogP contribution in [0.2, 0.25) is 0 Å². The van der Waals surface area contributed by atoms with E-state index in [0.717, 1.165) is 22.4 Å². The van der Waals surface area contributed by atoms with E-state index in [-0.39, 0.29) is 17.4 Å². The number of benzene rings is 3. The van der Waals surface area contributed by atoms with Crippen LogP contribution in [-0.2, 0) is 16.0 Å². The summed E-state index contributed by atoms with van der Waals surface area (Å²) in [7, 11) is 1.58. The zero-order chi connectivity index (χ0) is 30.2. The molecule has 222 valence electrons. The molecule has 4 aromatic rings. The molecular weight excluding hydrogens is 568 g/mol. The van der Waals surface area contributed by atoms with Gasteiger partial charge in [-0.25, -0.2) is 4.98 Å². The summed E-state index contributed by atoms with van der Waals surface area (Å²) in [6.07, 6.45) is 1.52. The summed E-state index contributed by atoms with van der Waals surface area (Å²) in [6, 6.07) is 15.1. The maximum atomic E-state index is 13.8. The molecule has 0 radical (unpaired) electrons. The number of aliphatic hydroxyl groups excluding tert-OH is 1. The fraction of sp³-hybridized carbons (Fsp3) is 0.303. The van der Waals surface area contributed by atoms with Crippen LogP contribution in [0, 0.1) is 0 Å². The number of methoxy groups -OCH3 is 1. The molecule has 0 aliphatic carbocycles. The Hall–Kier alpha value is -4.57. The number of aliphatic hydroxyl groups is 1. The normalized spacial score (nSPS) is 19.0. The maximum absolute atomic E-state index is 13.8. The molecule has 2 atom stereocenters. The van der Waals surface area contributed by atoms with Crippen LogP contribution >= 0.6 is 11.3 Å². The van der Waals surface area contributed by atoms with Crippen molar-refractivity contribution in [3.8, 4) is 23.0 Å². The van der Waals surface area contributed by atoms with Gasteiger partial charge in [-0.15, -0.1) is 0 Å². The maximum Gasteiger partial charge on any atom is 0.301 e. The van der Waals surface area contributed by atoms with Gasteiger partial charge in [0.2, 0.25) is 0 Å². The van der Waals surface area contributed by atoms with Gasteiger partial charge in [0, 0.05) is 12.0 Å². The number of amides is 1. The Morgan fingerprint density at radius 1 is 1.07 bits per heavy atom. The second-order valence-electron chi connectivity index (χ2n) is 10.4. The first kappa shape index (κ1) is 28.5. The number of carbonyl (C=O) groups excluding carboxylic acids is 2. The van der Waals surface area contributed by atoms with Crippen LogP contribution in [0.5, 0.6) is 23.0 Å². The number of carbonyl (C=O) groups is 2. The molecule has 10 heteroatoms. The third-order valence-electron chi connectivity index (χ3n) is 7.45. The van der Waals surface area contributed by atoms with E-state index in [1.807, 2.05) is 32.9 Å². The lowest BCUT2D eigenvalue weighted by Crippen LogP contribution is -2.29. The van der Waals surface area contributed by atoms with Gasteiger partial charge in [0.15, 0.2) is 16.6 Å². The fourth-order valence-electron chi connectivity index (χ4n) is 5.49. The van der Waals surface area contributed by atoms with Crippen molar-refractivity contribution in [3.05, 3.63) is 76.9 Å². The Bertz CT molecular complexity index is 1760. The number of nitrogens with zero attached hydrogens (tertiary/aromatic N) is 2. The summed E-state index contributed by atoms with van der Waals surface area (Å²) >= 11 is 1.27. The first-order valence-corrected chi connectivity index (χ1v) is 15.1. The number of anilines is 1. The van der Waals surface area contributed by atoms with E-state index >= 15 is 0 Å². The molecule has 3 heterocycles. The Morgan fingerprint density at radius 3 is 2.67 bits per heavy atom. The minimum atomic E-state index is -0.967. The zero-order valence-corrected chi connectivity index (χ0v) is 25.2. The minimum absolute atomic E-state index is 0.0149. The van der Waals surface area contributed by atoms with Gasteiger partial charge in [-0.3, -0.25) is 14.5 Å². The Kier molecular flexibility index (Phi) is 7.70. The average Bonchev–Trinajstić information content (AvgIpc) is 3.67. The number of hydrogen-bond acceptors (Lipinski definition) is 9. The largest absolute Gasteiger partial charge is 0.507 e. The van der Waals surface area contributed by atoms with Gasteiger partial charge in [-0.05, 0) is 79.9 Å². The van der Waals surface area contributed by atoms with Gasteiger partial charge >= 0.3 is 5.91 Å². The number of ketones is 1. The molecule has 0 saturated carbocycles. The molecule has 9 nitrogen and oxygen atoms in total. The number of fused-ring (bicyclic) bond motifs is 2. The third kappa shape index (κ3) is 5.16. The van der Waals surface area contributed by atoms with Crippen LogP contribution in [-0.4, -0.2) is 48.2 Å². The van der Waals surface area contributed by atoms with Gasteiger partial charge in [0.1, 0.15) is 23.4 Å². The molecular formula is C33H32N2O7S. The molecule has 2 aliphatic rings. The van der Waals surface area contributed by atoms with Crippen molar-refractivity contribution in [3.63, 3.8) is 0 Å². The van der Waals surface area contributed by atoms with Crippen molar-refractivity contribution in [1.29, 1.82) is 0 Å². The molecule has 2 aliphatic heterocycles. The lowest BCUT2D eigenvalue weighted by molar-refractivity contribution is -0.132. The van der Waals surface area contributed by atoms with Crippen molar-refractivity contribution < 1.29 is 33.6 Å². The van der Waals surface area contributed by atoms with Crippen LogP contribution in [0.25, 0.3) is 16.0 Å². The highest BCUT2D eigenvalue weighted by atomic mass is 32.1. The Balaban J connectivity index is 1.53. The summed E-state index contributed by atoms with van der Waals surface area (Å²) in [6.45, 7) is 6.76. The highest BCUT2D eigenvalue weighted by Crippen LogP contribution is 2.46. The van der Waals surface area contributed by atoms with Crippen LogP contribution in [0.15, 0.2) is 60.2 Å². The predicted octanol–water partition coefficient (Wildman–Crippen LogP) is 6.44. The van der Waals surface area contributed by atoms with Crippen molar-refractivity contribution in [2.24, 2.45) is 0 Å². The number of hydrogen-bond donors (Lipinski definition) is 1. The summed E-state index contributed by atoms with van der Waals surface area (Å²) in [4.78, 5) is 33.6. The van der Waals surface area contributed by atoms with E-state index in [0.29, 0.717) is 58.7 Å². The van der Waals surface area contributed by atoms with Gasteiger partial charge in [0.25, 0.3) is 5.78 Å². The van der Waals surface area contributed by atoms with Crippen molar-refractivity contribution in [1.82, 2.24) is 4.98 Å². The van der Waals surface area contributed by atoms with Crippen LogP contribution in [0.1, 0.15) is 49.9 Å². The van der Waals surface area contributed by atoms with E-state index in [9.17, 15) is 14.7 Å². The van der Waals surface area contributed by atoms with E-state index in [4.69, 9.17) is 23.9 Å². The van der Waals surface area contributed by atoms with Crippen LogP contribution in [0.3, 0.4) is 0 Å². The molecule has 0 unspecified atom stereocenters. The van der Waals surface area contributed by atoms with Crippen molar-refractivity contribution in [2.75, 3.05) is 25.2 Å². The molecule has 1 N–H and O–H groups in total. The predicted molar refractivity (Wildman–Crippen MR) is 165 cm³/mol. The zero-order valence-electron chi connectivity index (χ0n) is 24.4. The van der Waals surface area contributed by atoms with Gasteiger partial charge in [0.05, 0.1) is 42.2 Å². The molecule has 43 heavy (non-hydrogen) atoms. The quantitative estimate of drug-likeness (QED) is 0.133. The summed E-state index contributed by atoms with van der Waals surface area (Å²) in [5, 5.41) is 12.0. The molecule has 1 aromatic heterocycles. The smallest absolute Gasteiger partial charge is 0.301 e. The first-order valence-electron chi connectivity index (χ1n) is 14.3. The molecule has 3 aromatic carbocycles.